The quantitative estimate of drug-likeness (QED) is 0.924. The van der Waals surface area contributed by atoms with Gasteiger partial charge in [-0.15, -0.1) is 0 Å². The lowest BCUT2D eigenvalue weighted by molar-refractivity contribution is 0.0905. The van der Waals surface area contributed by atoms with Gasteiger partial charge in [0, 0.05) is 23.2 Å². The van der Waals surface area contributed by atoms with Gasteiger partial charge >= 0.3 is 0 Å². The van der Waals surface area contributed by atoms with E-state index in [4.69, 9.17) is 4.74 Å². The normalized spacial score (nSPS) is 12.2. The Kier molecular flexibility index (Phi) is 4.89. The smallest absolute Gasteiger partial charge is 0.251 e. The predicted octanol–water partition coefficient (Wildman–Crippen LogP) is 2.35. The highest BCUT2D eigenvalue weighted by Gasteiger charge is 2.11. The molecule has 0 saturated carbocycles. The fraction of sp³-hybridized carbons (Fsp3) is 0.364. The molecule has 1 rings (SSSR count). The van der Waals surface area contributed by atoms with Crippen LogP contribution >= 0.6 is 15.9 Å². The first-order valence-corrected chi connectivity index (χ1v) is 5.58. The van der Waals surface area contributed by atoms with Gasteiger partial charge in [0.05, 0.1) is 6.61 Å². The average molecular weight is 290 g/mol. The standard InChI is InChI=1S/C11H13BrFNO2/c1-7(6-16-2)14-11(15)8-3-9(12)5-10(13)4-8/h3-5,7H,6H2,1-2H3,(H,14,15)/t7-/m0/s1. The van der Waals surface area contributed by atoms with Crippen LogP contribution in [0.2, 0.25) is 0 Å². The molecule has 0 fully saturated rings. The minimum Gasteiger partial charge on any atom is -0.383 e. The average Bonchev–Trinajstić information content (AvgIpc) is 2.16. The second kappa shape index (κ2) is 5.96. The van der Waals surface area contributed by atoms with Crippen LogP contribution in [0.3, 0.4) is 0 Å². The highest BCUT2D eigenvalue weighted by atomic mass is 79.9. The summed E-state index contributed by atoms with van der Waals surface area (Å²) < 4.78 is 18.5. The van der Waals surface area contributed by atoms with Crippen molar-refractivity contribution < 1.29 is 13.9 Å². The Bertz CT molecular complexity index is 364. The number of amides is 1. The van der Waals surface area contributed by atoms with Crippen molar-refractivity contribution >= 4 is 21.8 Å². The van der Waals surface area contributed by atoms with Crippen LogP contribution in [-0.4, -0.2) is 25.7 Å². The monoisotopic (exact) mass is 289 g/mol. The van der Waals surface area contributed by atoms with E-state index in [0.717, 1.165) is 0 Å². The fourth-order valence-corrected chi connectivity index (χ4v) is 1.75. The van der Waals surface area contributed by atoms with Gasteiger partial charge < -0.3 is 10.1 Å². The van der Waals surface area contributed by atoms with Gasteiger partial charge in [0.1, 0.15) is 5.82 Å². The molecule has 0 aromatic heterocycles. The van der Waals surface area contributed by atoms with E-state index in [1.54, 1.807) is 13.2 Å². The number of carbonyl (C=O) groups excluding carboxylic acids is 1. The Morgan fingerprint density at radius 1 is 1.56 bits per heavy atom. The van der Waals surface area contributed by atoms with Gasteiger partial charge in [0.2, 0.25) is 0 Å². The van der Waals surface area contributed by atoms with Crippen molar-refractivity contribution in [2.75, 3.05) is 13.7 Å². The summed E-state index contributed by atoms with van der Waals surface area (Å²) in [6, 6.07) is 3.95. The molecule has 0 bridgehead atoms. The second-order valence-corrected chi connectivity index (χ2v) is 4.40. The largest absolute Gasteiger partial charge is 0.383 e. The molecule has 0 saturated heterocycles. The topological polar surface area (TPSA) is 38.3 Å². The fourth-order valence-electron chi connectivity index (χ4n) is 1.28. The van der Waals surface area contributed by atoms with Crippen LogP contribution in [0.5, 0.6) is 0 Å². The van der Waals surface area contributed by atoms with Crippen molar-refractivity contribution in [3.05, 3.63) is 34.1 Å². The van der Waals surface area contributed by atoms with E-state index >= 15 is 0 Å². The minimum atomic E-state index is -0.445. The predicted molar refractivity (Wildman–Crippen MR) is 62.9 cm³/mol. The van der Waals surface area contributed by atoms with Gasteiger partial charge in [-0.05, 0) is 25.1 Å². The van der Waals surface area contributed by atoms with E-state index in [1.165, 1.54) is 12.1 Å². The molecule has 1 atom stereocenters. The highest BCUT2D eigenvalue weighted by molar-refractivity contribution is 9.10. The Morgan fingerprint density at radius 3 is 2.81 bits per heavy atom. The lowest BCUT2D eigenvalue weighted by Gasteiger charge is -2.12. The maximum atomic E-state index is 13.0. The summed E-state index contributed by atoms with van der Waals surface area (Å²) in [4.78, 5) is 11.7. The molecule has 0 spiro atoms. The summed E-state index contributed by atoms with van der Waals surface area (Å²) in [6.07, 6.45) is 0. The van der Waals surface area contributed by atoms with Gasteiger partial charge in [0.15, 0.2) is 0 Å². The SMILES string of the molecule is COC[C@H](C)NC(=O)c1cc(F)cc(Br)c1. The van der Waals surface area contributed by atoms with E-state index < -0.39 is 5.82 Å². The van der Waals surface area contributed by atoms with E-state index in [-0.39, 0.29) is 17.5 Å². The lowest BCUT2D eigenvalue weighted by Crippen LogP contribution is -2.35. The van der Waals surface area contributed by atoms with Crippen molar-refractivity contribution in [1.82, 2.24) is 5.32 Å². The van der Waals surface area contributed by atoms with Crippen LogP contribution in [0.1, 0.15) is 17.3 Å². The molecule has 1 aromatic rings. The van der Waals surface area contributed by atoms with Crippen molar-refractivity contribution in [3.8, 4) is 0 Å². The number of hydrogen-bond acceptors (Lipinski definition) is 2. The Labute approximate surface area is 102 Å². The summed E-state index contributed by atoms with van der Waals surface area (Å²) >= 11 is 3.13. The molecule has 0 unspecified atom stereocenters. The van der Waals surface area contributed by atoms with Crippen molar-refractivity contribution in [2.24, 2.45) is 0 Å². The zero-order chi connectivity index (χ0) is 12.1. The molecule has 0 aliphatic heterocycles. The molecule has 88 valence electrons. The van der Waals surface area contributed by atoms with Gasteiger partial charge in [-0.3, -0.25) is 4.79 Å². The summed E-state index contributed by atoms with van der Waals surface area (Å²) in [5.74, 6) is -0.760. The number of carbonyl (C=O) groups is 1. The summed E-state index contributed by atoms with van der Waals surface area (Å²) in [5, 5.41) is 2.70. The first kappa shape index (κ1) is 13.1. The third-order valence-electron chi connectivity index (χ3n) is 1.92. The first-order valence-electron chi connectivity index (χ1n) is 4.79. The van der Waals surface area contributed by atoms with Crippen LogP contribution in [-0.2, 0) is 4.74 Å². The third-order valence-corrected chi connectivity index (χ3v) is 2.38. The third kappa shape index (κ3) is 3.90. The number of rotatable bonds is 4. The van der Waals surface area contributed by atoms with E-state index in [0.29, 0.717) is 11.1 Å². The number of hydrogen-bond donors (Lipinski definition) is 1. The lowest BCUT2D eigenvalue weighted by atomic mass is 10.2. The summed E-state index contributed by atoms with van der Waals surface area (Å²) in [6.45, 7) is 2.23. The molecular formula is C11H13BrFNO2. The Balaban J connectivity index is 2.72. The zero-order valence-corrected chi connectivity index (χ0v) is 10.7. The number of methoxy groups -OCH3 is 1. The van der Waals surface area contributed by atoms with Crippen LogP contribution < -0.4 is 5.32 Å². The molecule has 3 nitrogen and oxygen atoms in total. The molecule has 16 heavy (non-hydrogen) atoms. The molecule has 0 aliphatic carbocycles. The van der Waals surface area contributed by atoms with Crippen LogP contribution in [0.15, 0.2) is 22.7 Å². The molecule has 0 aliphatic rings. The van der Waals surface area contributed by atoms with Crippen LogP contribution in [0, 0.1) is 5.82 Å². The maximum Gasteiger partial charge on any atom is 0.251 e. The molecule has 1 amide bonds. The van der Waals surface area contributed by atoms with Gasteiger partial charge in [-0.1, -0.05) is 15.9 Å². The zero-order valence-electron chi connectivity index (χ0n) is 9.09. The van der Waals surface area contributed by atoms with E-state index in [2.05, 4.69) is 21.2 Å². The Morgan fingerprint density at radius 2 is 2.25 bits per heavy atom. The minimum absolute atomic E-state index is 0.112. The second-order valence-electron chi connectivity index (χ2n) is 3.49. The van der Waals surface area contributed by atoms with Crippen LogP contribution in [0.25, 0.3) is 0 Å². The maximum absolute atomic E-state index is 13.0. The molecule has 0 radical (unpaired) electrons. The molecule has 1 aromatic carbocycles. The van der Waals surface area contributed by atoms with Gasteiger partial charge in [0.25, 0.3) is 5.91 Å². The number of benzene rings is 1. The molecular weight excluding hydrogens is 277 g/mol. The summed E-state index contributed by atoms with van der Waals surface area (Å²) in [7, 11) is 1.56. The molecule has 5 heteroatoms. The van der Waals surface area contributed by atoms with Gasteiger partial charge in [-0.2, -0.15) is 0 Å². The van der Waals surface area contributed by atoms with Crippen molar-refractivity contribution in [1.29, 1.82) is 0 Å². The summed E-state index contributed by atoms with van der Waals surface area (Å²) in [5.41, 5.74) is 0.287. The molecule has 0 heterocycles. The number of ether oxygens (including phenoxy) is 1. The van der Waals surface area contributed by atoms with E-state index in [9.17, 15) is 9.18 Å². The number of halogens is 2. The van der Waals surface area contributed by atoms with Gasteiger partial charge in [-0.25, -0.2) is 4.39 Å². The Hall–Kier alpha value is -0.940. The van der Waals surface area contributed by atoms with Crippen molar-refractivity contribution in [2.45, 2.75) is 13.0 Å². The van der Waals surface area contributed by atoms with Crippen molar-refractivity contribution in [3.63, 3.8) is 0 Å². The molecule has 1 N–H and O–H groups in total. The van der Waals surface area contributed by atoms with Crippen LogP contribution in [0.4, 0.5) is 4.39 Å². The van der Waals surface area contributed by atoms with E-state index in [1.807, 2.05) is 6.92 Å². The number of nitrogens with one attached hydrogen (secondary N) is 1. The highest BCUT2D eigenvalue weighted by Crippen LogP contribution is 2.14. The first-order chi connectivity index (χ1) is 7.52.